The third-order valence-electron chi connectivity index (χ3n) is 4.45. The van der Waals surface area contributed by atoms with Crippen molar-refractivity contribution < 1.29 is 9.47 Å². The van der Waals surface area contributed by atoms with Crippen LogP contribution in [0, 0.1) is 0 Å². The number of nitrogens with zero attached hydrogens (tertiary/aromatic N) is 2. The number of benzene rings is 2. The summed E-state index contributed by atoms with van der Waals surface area (Å²) < 4.78 is 10.9. The van der Waals surface area contributed by atoms with E-state index < -0.39 is 0 Å². The first kappa shape index (κ1) is 17.1. The molecule has 0 unspecified atom stereocenters. The van der Waals surface area contributed by atoms with Crippen LogP contribution < -0.4 is 14.4 Å². The lowest BCUT2D eigenvalue weighted by atomic mass is 10.0. The Hall–Kier alpha value is -2.75. The molecular formula is C21H24N2O2. The lowest BCUT2D eigenvalue weighted by Gasteiger charge is -2.24. The van der Waals surface area contributed by atoms with Gasteiger partial charge in [-0.2, -0.15) is 0 Å². The van der Waals surface area contributed by atoms with Crippen molar-refractivity contribution in [1.29, 1.82) is 0 Å². The lowest BCUT2D eigenvalue weighted by molar-refractivity contribution is 0.356. The van der Waals surface area contributed by atoms with Crippen molar-refractivity contribution in [2.75, 3.05) is 32.2 Å². The summed E-state index contributed by atoms with van der Waals surface area (Å²) in [6.07, 6.45) is 0. The van der Waals surface area contributed by atoms with Crippen LogP contribution in [0.25, 0.3) is 22.0 Å². The van der Waals surface area contributed by atoms with E-state index in [1.807, 2.05) is 18.2 Å². The van der Waals surface area contributed by atoms with Crippen molar-refractivity contribution in [3.8, 4) is 22.6 Å². The number of rotatable bonds is 6. The van der Waals surface area contributed by atoms with Gasteiger partial charge in [0.25, 0.3) is 0 Å². The second-order valence-corrected chi connectivity index (χ2v) is 5.80. The Kier molecular flexibility index (Phi) is 5.08. The Labute approximate surface area is 149 Å². The molecule has 1 heterocycles. The lowest BCUT2D eigenvalue weighted by Crippen LogP contribution is -2.23. The number of anilines is 1. The fraction of sp³-hybridized carbons (Fsp3) is 0.286. The van der Waals surface area contributed by atoms with Crippen LogP contribution in [0.2, 0.25) is 0 Å². The van der Waals surface area contributed by atoms with Gasteiger partial charge in [0.05, 0.1) is 19.7 Å². The summed E-state index contributed by atoms with van der Waals surface area (Å²) in [5, 5.41) is 1.03. The Bertz CT molecular complexity index is 859. The highest BCUT2D eigenvalue weighted by molar-refractivity contribution is 5.91. The second-order valence-electron chi connectivity index (χ2n) is 5.80. The smallest absolute Gasteiger partial charge is 0.162 e. The molecule has 0 saturated heterocycles. The van der Waals surface area contributed by atoms with Crippen LogP contribution >= 0.6 is 0 Å². The van der Waals surface area contributed by atoms with Crippen LogP contribution in [0.4, 0.5) is 5.82 Å². The standard InChI is InChI=1S/C21H24N2O2/c1-5-23(6-2)21-17(15-10-8-7-9-11-15)12-16-13-19(24-3)20(25-4)14-18(16)22-21/h7-14H,5-6H2,1-4H3. The summed E-state index contributed by atoms with van der Waals surface area (Å²) in [7, 11) is 3.30. The van der Waals surface area contributed by atoms with Gasteiger partial charge in [-0.3, -0.25) is 0 Å². The molecule has 2 aromatic carbocycles. The molecule has 0 aliphatic heterocycles. The molecule has 0 saturated carbocycles. The zero-order chi connectivity index (χ0) is 17.8. The first-order valence-corrected chi connectivity index (χ1v) is 8.58. The summed E-state index contributed by atoms with van der Waals surface area (Å²) in [6, 6.07) is 16.5. The van der Waals surface area contributed by atoms with Gasteiger partial charge in [-0.1, -0.05) is 30.3 Å². The normalized spacial score (nSPS) is 10.7. The summed E-state index contributed by atoms with van der Waals surface area (Å²) in [5.41, 5.74) is 3.19. The van der Waals surface area contributed by atoms with Crippen LogP contribution in [0.1, 0.15) is 13.8 Å². The maximum Gasteiger partial charge on any atom is 0.162 e. The predicted octanol–water partition coefficient (Wildman–Crippen LogP) is 4.77. The molecule has 25 heavy (non-hydrogen) atoms. The SMILES string of the molecule is CCN(CC)c1nc2cc(OC)c(OC)cc2cc1-c1ccccc1. The number of aromatic nitrogens is 1. The van der Waals surface area contributed by atoms with Crippen molar-refractivity contribution in [2.24, 2.45) is 0 Å². The van der Waals surface area contributed by atoms with Crippen LogP contribution in [0.15, 0.2) is 48.5 Å². The van der Waals surface area contributed by atoms with Gasteiger partial charge in [0.15, 0.2) is 11.5 Å². The van der Waals surface area contributed by atoms with Gasteiger partial charge >= 0.3 is 0 Å². The van der Waals surface area contributed by atoms with Crippen LogP contribution in [-0.4, -0.2) is 32.3 Å². The fourth-order valence-electron chi connectivity index (χ4n) is 3.09. The van der Waals surface area contributed by atoms with E-state index >= 15 is 0 Å². The molecule has 0 spiro atoms. The molecular weight excluding hydrogens is 312 g/mol. The maximum atomic E-state index is 5.45. The Morgan fingerprint density at radius 2 is 1.52 bits per heavy atom. The maximum absolute atomic E-state index is 5.45. The fourth-order valence-corrected chi connectivity index (χ4v) is 3.09. The predicted molar refractivity (Wildman–Crippen MR) is 104 cm³/mol. The molecule has 130 valence electrons. The Morgan fingerprint density at radius 3 is 2.12 bits per heavy atom. The summed E-state index contributed by atoms with van der Waals surface area (Å²) in [4.78, 5) is 7.24. The highest BCUT2D eigenvalue weighted by Gasteiger charge is 2.15. The average molecular weight is 336 g/mol. The number of ether oxygens (including phenoxy) is 2. The van der Waals surface area contributed by atoms with Crippen LogP contribution in [0.3, 0.4) is 0 Å². The minimum absolute atomic E-state index is 0.695. The molecule has 0 radical (unpaired) electrons. The van der Waals surface area contributed by atoms with E-state index in [0.717, 1.165) is 40.9 Å². The van der Waals surface area contributed by atoms with Crippen molar-refractivity contribution >= 4 is 16.7 Å². The van der Waals surface area contributed by atoms with E-state index in [1.54, 1.807) is 14.2 Å². The molecule has 1 aromatic heterocycles. The van der Waals surface area contributed by atoms with E-state index in [4.69, 9.17) is 14.5 Å². The first-order valence-electron chi connectivity index (χ1n) is 8.58. The average Bonchev–Trinajstić information content (AvgIpc) is 2.68. The van der Waals surface area contributed by atoms with Crippen molar-refractivity contribution in [3.05, 3.63) is 48.5 Å². The van der Waals surface area contributed by atoms with Crippen molar-refractivity contribution in [1.82, 2.24) is 4.98 Å². The molecule has 0 fully saturated rings. The molecule has 0 bridgehead atoms. The number of methoxy groups -OCH3 is 2. The minimum Gasteiger partial charge on any atom is -0.493 e. The first-order chi connectivity index (χ1) is 12.2. The Balaban J connectivity index is 2.29. The zero-order valence-corrected chi connectivity index (χ0v) is 15.2. The number of pyridine rings is 1. The van der Waals surface area contributed by atoms with Gasteiger partial charge < -0.3 is 14.4 Å². The molecule has 0 atom stereocenters. The number of hydrogen-bond donors (Lipinski definition) is 0. The third-order valence-corrected chi connectivity index (χ3v) is 4.45. The van der Waals surface area contributed by atoms with Crippen molar-refractivity contribution in [3.63, 3.8) is 0 Å². The van der Waals surface area contributed by atoms with Gasteiger partial charge in [-0.15, -0.1) is 0 Å². The Morgan fingerprint density at radius 1 is 0.880 bits per heavy atom. The monoisotopic (exact) mass is 336 g/mol. The number of fused-ring (bicyclic) bond motifs is 1. The zero-order valence-electron chi connectivity index (χ0n) is 15.2. The quantitative estimate of drug-likeness (QED) is 0.650. The van der Waals surface area contributed by atoms with Gasteiger partial charge in [-0.05, 0) is 31.5 Å². The summed E-state index contributed by atoms with van der Waals surface area (Å²) in [5.74, 6) is 2.41. The molecule has 0 amide bonds. The molecule has 3 aromatic rings. The topological polar surface area (TPSA) is 34.6 Å². The van der Waals surface area contributed by atoms with E-state index in [2.05, 4.69) is 49.1 Å². The molecule has 4 nitrogen and oxygen atoms in total. The molecule has 3 rings (SSSR count). The van der Waals surface area contributed by atoms with E-state index in [9.17, 15) is 0 Å². The number of hydrogen-bond acceptors (Lipinski definition) is 4. The summed E-state index contributed by atoms with van der Waals surface area (Å²) in [6.45, 7) is 6.11. The van der Waals surface area contributed by atoms with E-state index in [1.165, 1.54) is 0 Å². The van der Waals surface area contributed by atoms with Gasteiger partial charge in [-0.25, -0.2) is 4.98 Å². The van der Waals surface area contributed by atoms with Gasteiger partial charge in [0, 0.05) is 30.1 Å². The van der Waals surface area contributed by atoms with E-state index in [-0.39, 0.29) is 0 Å². The second kappa shape index (κ2) is 7.43. The minimum atomic E-state index is 0.695. The van der Waals surface area contributed by atoms with Crippen molar-refractivity contribution in [2.45, 2.75) is 13.8 Å². The summed E-state index contributed by atoms with van der Waals surface area (Å²) >= 11 is 0. The van der Waals surface area contributed by atoms with Gasteiger partial charge in [0.2, 0.25) is 0 Å². The molecule has 0 N–H and O–H groups in total. The van der Waals surface area contributed by atoms with E-state index in [0.29, 0.717) is 11.5 Å². The highest BCUT2D eigenvalue weighted by atomic mass is 16.5. The van der Waals surface area contributed by atoms with Crippen LogP contribution in [0.5, 0.6) is 11.5 Å². The molecule has 0 aliphatic rings. The third kappa shape index (κ3) is 3.25. The molecule has 0 aliphatic carbocycles. The largest absolute Gasteiger partial charge is 0.493 e. The van der Waals surface area contributed by atoms with Crippen LogP contribution in [-0.2, 0) is 0 Å². The van der Waals surface area contributed by atoms with Gasteiger partial charge in [0.1, 0.15) is 5.82 Å². The molecule has 4 heteroatoms. The highest BCUT2D eigenvalue weighted by Crippen LogP contribution is 2.37.